The highest BCUT2D eigenvalue weighted by Gasteiger charge is 2.17. The second-order valence-corrected chi connectivity index (χ2v) is 6.55. The number of hydrogen-bond acceptors (Lipinski definition) is 4. The maximum absolute atomic E-state index is 12.6. The minimum atomic E-state index is -0.542. The van der Waals surface area contributed by atoms with Crippen molar-refractivity contribution in [3.05, 3.63) is 69.8 Å². The Hall–Kier alpha value is -3.22. The van der Waals surface area contributed by atoms with Gasteiger partial charge in [-0.05, 0) is 43.2 Å². The second-order valence-electron chi connectivity index (χ2n) is 6.55. The van der Waals surface area contributed by atoms with Gasteiger partial charge in [-0.1, -0.05) is 18.9 Å². The molecular formula is C20H21N3O4. The molecule has 0 bridgehead atoms. The molecule has 1 heterocycles. The number of nitro groups is 1. The Morgan fingerprint density at radius 2 is 1.59 bits per heavy atom. The van der Waals surface area contributed by atoms with Crippen LogP contribution in [0.4, 0.5) is 11.4 Å². The fraction of sp³-hybridized carbons (Fsp3) is 0.300. The largest absolute Gasteiger partial charge is 0.339 e. The first kappa shape index (κ1) is 18.6. The van der Waals surface area contributed by atoms with Crippen molar-refractivity contribution in [1.82, 2.24) is 4.90 Å². The molecule has 3 rings (SSSR count). The highest BCUT2D eigenvalue weighted by Crippen LogP contribution is 2.18. The fourth-order valence-corrected chi connectivity index (χ4v) is 3.12. The number of hydrogen-bond donors (Lipinski definition) is 1. The first-order chi connectivity index (χ1) is 13.0. The van der Waals surface area contributed by atoms with Gasteiger partial charge in [0.05, 0.1) is 4.92 Å². The lowest BCUT2D eigenvalue weighted by Crippen LogP contribution is -2.31. The van der Waals surface area contributed by atoms with Crippen LogP contribution < -0.4 is 5.32 Å². The summed E-state index contributed by atoms with van der Waals surface area (Å²) in [6, 6.07) is 12.3. The third-order valence-electron chi connectivity index (χ3n) is 4.60. The van der Waals surface area contributed by atoms with Gasteiger partial charge in [0, 0.05) is 42.0 Å². The summed E-state index contributed by atoms with van der Waals surface area (Å²) < 4.78 is 0. The van der Waals surface area contributed by atoms with E-state index in [1.54, 1.807) is 24.3 Å². The number of carbonyl (C=O) groups is 2. The zero-order chi connectivity index (χ0) is 19.2. The molecule has 7 nitrogen and oxygen atoms in total. The van der Waals surface area contributed by atoms with Crippen LogP contribution in [0.5, 0.6) is 0 Å². The van der Waals surface area contributed by atoms with E-state index in [0.717, 1.165) is 38.8 Å². The molecule has 7 heteroatoms. The van der Waals surface area contributed by atoms with Gasteiger partial charge in [-0.25, -0.2) is 0 Å². The van der Waals surface area contributed by atoms with Crippen LogP contribution >= 0.6 is 0 Å². The van der Waals surface area contributed by atoms with E-state index in [9.17, 15) is 19.7 Å². The van der Waals surface area contributed by atoms with Gasteiger partial charge in [0.15, 0.2) is 0 Å². The van der Waals surface area contributed by atoms with Gasteiger partial charge in [0.1, 0.15) is 0 Å². The van der Waals surface area contributed by atoms with Gasteiger partial charge < -0.3 is 10.2 Å². The third kappa shape index (κ3) is 4.69. The molecule has 1 aliphatic heterocycles. The quantitative estimate of drug-likeness (QED) is 0.656. The molecule has 1 fully saturated rings. The van der Waals surface area contributed by atoms with Crippen LogP contribution in [0.1, 0.15) is 46.4 Å². The van der Waals surface area contributed by atoms with Crippen molar-refractivity contribution in [2.24, 2.45) is 0 Å². The molecular weight excluding hydrogens is 346 g/mol. The van der Waals surface area contributed by atoms with Crippen LogP contribution in [0.3, 0.4) is 0 Å². The van der Waals surface area contributed by atoms with Crippen molar-refractivity contribution < 1.29 is 14.5 Å². The Kier molecular flexibility index (Phi) is 5.80. The van der Waals surface area contributed by atoms with Gasteiger partial charge in [0.25, 0.3) is 17.5 Å². The van der Waals surface area contributed by atoms with Gasteiger partial charge in [-0.2, -0.15) is 0 Å². The average molecular weight is 367 g/mol. The molecule has 2 amide bonds. The van der Waals surface area contributed by atoms with E-state index in [2.05, 4.69) is 5.32 Å². The number of likely N-dealkylation sites (tertiary alicyclic amines) is 1. The zero-order valence-electron chi connectivity index (χ0n) is 14.9. The maximum Gasteiger partial charge on any atom is 0.270 e. The summed E-state index contributed by atoms with van der Waals surface area (Å²) >= 11 is 0. The van der Waals surface area contributed by atoms with Gasteiger partial charge in [-0.3, -0.25) is 19.7 Å². The molecule has 0 radical (unpaired) electrons. The number of anilines is 1. The van der Waals surface area contributed by atoms with Crippen molar-refractivity contribution in [3.8, 4) is 0 Å². The monoisotopic (exact) mass is 367 g/mol. The molecule has 0 spiro atoms. The normalized spacial score (nSPS) is 14.3. The minimum Gasteiger partial charge on any atom is -0.339 e. The molecule has 0 aromatic heterocycles. The topological polar surface area (TPSA) is 92.6 Å². The summed E-state index contributed by atoms with van der Waals surface area (Å²) in [7, 11) is 0. The number of non-ortho nitro benzene ring substituents is 1. The number of nitro benzene ring substituents is 1. The molecule has 0 unspecified atom stereocenters. The Bertz CT molecular complexity index is 841. The number of nitrogens with one attached hydrogen (secondary N) is 1. The van der Waals surface area contributed by atoms with E-state index in [-0.39, 0.29) is 17.2 Å². The molecule has 1 saturated heterocycles. The summed E-state index contributed by atoms with van der Waals surface area (Å²) in [5, 5.41) is 13.5. The molecule has 140 valence electrons. The standard InChI is InChI=1S/C20H21N3O4/c24-19(16-6-5-7-18(14-16)23(26)27)21-17-10-8-15(9-11-17)20(25)22-12-3-1-2-4-13-22/h5-11,14H,1-4,12-13H2,(H,21,24). The van der Waals surface area contributed by atoms with Crippen LogP contribution in [0, 0.1) is 10.1 Å². The van der Waals surface area contributed by atoms with E-state index in [1.165, 1.54) is 24.3 Å². The molecule has 0 aliphatic carbocycles. The lowest BCUT2D eigenvalue weighted by Gasteiger charge is -2.20. The Labute approximate surface area is 157 Å². The molecule has 1 N–H and O–H groups in total. The fourth-order valence-electron chi connectivity index (χ4n) is 3.12. The predicted molar refractivity (Wildman–Crippen MR) is 102 cm³/mol. The molecule has 0 atom stereocenters. The van der Waals surface area contributed by atoms with Crippen LogP contribution in [0.25, 0.3) is 0 Å². The van der Waals surface area contributed by atoms with E-state index < -0.39 is 10.8 Å². The first-order valence-corrected chi connectivity index (χ1v) is 9.00. The Balaban J connectivity index is 1.66. The van der Waals surface area contributed by atoms with Crippen molar-refractivity contribution >= 4 is 23.2 Å². The summed E-state index contributed by atoms with van der Waals surface area (Å²) in [4.78, 5) is 37.0. The Morgan fingerprint density at radius 1 is 0.926 bits per heavy atom. The molecule has 1 aliphatic rings. The highest BCUT2D eigenvalue weighted by molar-refractivity contribution is 6.05. The van der Waals surface area contributed by atoms with Gasteiger partial charge >= 0.3 is 0 Å². The van der Waals surface area contributed by atoms with Crippen molar-refractivity contribution in [2.75, 3.05) is 18.4 Å². The SMILES string of the molecule is O=C(Nc1ccc(C(=O)N2CCCCCC2)cc1)c1cccc([N+](=O)[O-])c1. The summed E-state index contributed by atoms with van der Waals surface area (Å²) in [5.74, 6) is -0.432. The van der Waals surface area contributed by atoms with E-state index >= 15 is 0 Å². The predicted octanol–water partition coefficient (Wildman–Crippen LogP) is 3.86. The lowest BCUT2D eigenvalue weighted by molar-refractivity contribution is -0.384. The average Bonchev–Trinajstić information content (AvgIpc) is 2.97. The van der Waals surface area contributed by atoms with Gasteiger partial charge in [0.2, 0.25) is 0 Å². The lowest BCUT2D eigenvalue weighted by atomic mass is 10.1. The number of benzene rings is 2. The van der Waals surface area contributed by atoms with Crippen molar-refractivity contribution in [2.45, 2.75) is 25.7 Å². The minimum absolute atomic E-state index is 0.00783. The highest BCUT2D eigenvalue weighted by atomic mass is 16.6. The van der Waals surface area contributed by atoms with E-state index in [4.69, 9.17) is 0 Å². The van der Waals surface area contributed by atoms with Gasteiger partial charge in [-0.15, -0.1) is 0 Å². The van der Waals surface area contributed by atoms with Crippen molar-refractivity contribution in [3.63, 3.8) is 0 Å². The number of amides is 2. The summed E-state index contributed by atoms with van der Waals surface area (Å²) in [6.07, 6.45) is 4.38. The number of carbonyl (C=O) groups excluding carboxylic acids is 2. The van der Waals surface area contributed by atoms with E-state index in [0.29, 0.717) is 11.3 Å². The molecule has 2 aromatic carbocycles. The molecule has 27 heavy (non-hydrogen) atoms. The first-order valence-electron chi connectivity index (χ1n) is 9.00. The van der Waals surface area contributed by atoms with Crippen LogP contribution in [0.2, 0.25) is 0 Å². The van der Waals surface area contributed by atoms with E-state index in [1.807, 2.05) is 4.90 Å². The van der Waals surface area contributed by atoms with Crippen LogP contribution in [-0.2, 0) is 0 Å². The summed E-state index contributed by atoms with van der Waals surface area (Å²) in [5.41, 5.74) is 1.18. The number of nitrogens with zero attached hydrogens (tertiary/aromatic N) is 2. The summed E-state index contributed by atoms with van der Waals surface area (Å²) in [6.45, 7) is 1.56. The Morgan fingerprint density at radius 3 is 2.22 bits per heavy atom. The van der Waals surface area contributed by atoms with Crippen molar-refractivity contribution in [1.29, 1.82) is 0 Å². The maximum atomic E-state index is 12.6. The second kappa shape index (κ2) is 8.44. The van der Waals surface area contributed by atoms with Crippen LogP contribution in [-0.4, -0.2) is 34.7 Å². The molecule has 2 aromatic rings. The molecule has 0 saturated carbocycles. The van der Waals surface area contributed by atoms with Crippen LogP contribution in [0.15, 0.2) is 48.5 Å². The zero-order valence-corrected chi connectivity index (χ0v) is 14.9. The third-order valence-corrected chi connectivity index (χ3v) is 4.60. The number of rotatable bonds is 4. The smallest absolute Gasteiger partial charge is 0.270 e.